The molecule has 0 spiro atoms. The van der Waals surface area contributed by atoms with Gasteiger partial charge >= 0.3 is 12.2 Å². The van der Waals surface area contributed by atoms with Crippen LogP contribution in [0.1, 0.15) is 89.0 Å². The Morgan fingerprint density at radius 3 is 2.54 bits per heavy atom. The second-order valence-electron chi connectivity index (χ2n) is 16.3. The monoisotopic (exact) mass is 897 g/mol. The van der Waals surface area contributed by atoms with Crippen LogP contribution in [0.4, 0.5) is 15.3 Å². The number of aliphatic hydroxyl groups excluding tert-OH is 2. The van der Waals surface area contributed by atoms with E-state index >= 15 is 0 Å². The number of oxime groups is 1. The minimum absolute atomic E-state index is 0.00179. The van der Waals surface area contributed by atoms with Crippen molar-refractivity contribution in [1.29, 1.82) is 0 Å². The van der Waals surface area contributed by atoms with Crippen molar-refractivity contribution in [2.24, 2.45) is 22.9 Å². The number of aliphatic hydroxyl groups is 2. The van der Waals surface area contributed by atoms with Crippen molar-refractivity contribution in [1.82, 2.24) is 4.90 Å². The summed E-state index contributed by atoms with van der Waals surface area (Å²) in [6, 6.07) is 9.58. The van der Waals surface area contributed by atoms with Gasteiger partial charge in [0.25, 0.3) is 0 Å². The van der Waals surface area contributed by atoms with E-state index in [1.165, 1.54) is 7.11 Å². The molecule has 2 heterocycles. The van der Waals surface area contributed by atoms with Gasteiger partial charge in [-0.1, -0.05) is 37.1 Å². The van der Waals surface area contributed by atoms with Gasteiger partial charge in [-0.05, 0) is 92.7 Å². The number of fused-ring (bicyclic) bond motifs is 2. The lowest BCUT2D eigenvalue weighted by Crippen LogP contribution is -2.70. The highest BCUT2D eigenvalue weighted by molar-refractivity contribution is 6.18. The predicted molar refractivity (Wildman–Crippen MR) is 238 cm³/mol. The van der Waals surface area contributed by atoms with Crippen molar-refractivity contribution in [3.8, 4) is 23.0 Å². The molecule has 0 radical (unpaired) electrons. The van der Waals surface area contributed by atoms with Crippen LogP contribution >= 0.6 is 11.6 Å². The van der Waals surface area contributed by atoms with E-state index in [1.54, 1.807) is 48.4 Å². The first-order valence-corrected chi connectivity index (χ1v) is 22.8. The lowest BCUT2D eigenvalue weighted by Gasteiger charge is -2.59. The standard InChI is InChI=1S/C47H64ClN3O12/c1-5-21-51(46(55)59-26-20-48)41-30-38(50-63-42-15-9-12-25-58-42)35-27-31(13-7-10-22-52)34(14-8-11-23-53)43-36-28-33(17-19-39(36)62-47(41,44(35)43)60-24-6-2)61-45(54)49-37-18-16-32(56-3)29-40(37)57-4/h6,16-19,27-29,31,34,41-44,52-53H,2,5,7-15,20-26,30H2,1,3-4H3,(H,49,54)/t31-,34+,41-,42?,43+,44+,47+/m0/s1. The Hall–Kier alpha value is -4.54. The van der Waals surface area contributed by atoms with E-state index in [9.17, 15) is 19.8 Å². The van der Waals surface area contributed by atoms with Gasteiger partial charge in [-0.15, -0.1) is 18.2 Å². The maximum Gasteiger partial charge on any atom is 0.417 e. The zero-order chi connectivity index (χ0) is 44.8. The fourth-order valence-corrected chi connectivity index (χ4v) is 9.67. The maximum absolute atomic E-state index is 14.2. The van der Waals surface area contributed by atoms with Gasteiger partial charge in [0.15, 0.2) is 0 Å². The number of alkyl halides is 1. The number of rotatable bonds is 22. The van der Waals surface area contributed by atoms with Gasteiger partial charge in [-0.25, -0.2) is 9.59 Å². The number of hydrogen-bond donors (Lipinski definition) is 3. The van der Waals surface area contributed by atoms with E-state index in [0.29, 0.717) is 67.5 Å². The van der Waals surface area contributed by atoms with E-state index in [1.807, 2.05) is 13.0 Å². The number of nitrogens with zero attached hydrogens (tertiary/aromatic N) is 2. The first kappa shape index (κ1) is 47.9. The third-order valence-corrected chi connectivity index (χ3v) is 12.5. The van der Waals surface area contributed by atoms with Crippen molar-refractivity contribution < 1.29 is 57.8 Å². The number of nitrogens with one attached hydrogen (secondary N) is 1. The Morgan fingerprint density at radius 2 is 1.84 bits per heavy atom. The number of benzene rings is 2. The summed E-state index contributed by atoms with van der Waals surface area (Å²) < 4.78 is 42.7. The fourth-order valence-electron chi connectivity index (χ4n) is 9.60. The van der Waals surface area contributed by atoms with Crippen LogP contribution in [0.25, 0.3) is 0 Å². The van der Waals surface area contributed by atoms with Crippen molar-refractivity contribution in [3.63, 3.8) is 0 Å². The SMILES string of the molecule is C=CCO[C@@]12Oc3ccc(OC(=O)Nc4ccc(OC)cc4OC)cc3[C@H]3[C@H](CCCCO)[C@@H](CCCCO)C=C(C(=NOC4CCCCO4)C[C@@H]1N(CCC)C(=O)OCCCl)[C@H]32. The van der Waals surface area contributed by atoms with Crippen LogP contribution in [0.15, 0.2) is 65.9 Å². The van der Waals surface area contributed by atoms with Gasteiger partial charge in [-0.2, -0.15) is 0 Å². The van der Waals surface area contributed by atoms with Crippen LogP contribution in [0.2, 0.25) is 0 Å². The number of halogens is 1. The zero-order valence-electron chi connectivity index (χ0n) is 36.8. The molecule has 16 heteroatoms. The van der Waals surface area contributed by atoms with E-state index in [-0.39, 0.29) is 62.2 Å². The Balaban J connectivity index is 1.52. The van der Waals surface area contributed by atoms with E-state index < -0.39 is 36.2 Å². The summed E-state index contributed by atoms with van der Waals surface area (Å²) in [6.07, 6.45) is 9.79. The first-order valence-electron chi connectivity index (χ1n) is 22.3. The third kappa shape index (κ3) is 11.2. The zero-order valence-corrected chi connectivity index (χ0v) is 37.5. The summed E-state index contributed by atoms with van der Waals surface area (Å²) in [5.41, 5.74) is 2.70. The van der Waals surface area contributed by atoms with Gasteiger partial charge < -0.3 is 48.2 Å². The van der Waals surface area contributed by atoms with Crippen molar-refractivity contribution in [2.45, 2.75) is 102 Å². The molecule has 4 aliphatic rings. The van der Waals surface area contributed by atoms with Crippen molar-refractivity contribution >= 4 is 35.2 Å². The van der Waals surface area contributed by atoms with Crippen LogP contribution < -0.4 is 24.3 Å². The van der Waals surface area contributed by atoms with Crippen LogP contribution in [-0.2, 0) is 19.0 Å². The molecular weight excluding hydrogens is 834 g/mol. The molecular formula is C47H64ClN3O12. The number of carbonyl (C=O) groups is 2. The number of amides is 2. The molecule has 346 valence electrons. The first-order chi connectivity index (χ1) is 30.7. The highest BCUT2D eigenvalue weighted by atomic mass is 35.5. The number of methoxy groups -OCH3 is 2. The summed E-state index contributed by atoms with van der Waals surface area (Å²) in [5.74, 6) is -0.568. The molecule has 2 aliphatic heterocycles. The number of hydrogen-bond acceptors (Lipinski definition) is 13. The van der Waals surface area contributed by atoms with Crippen LogP contribution in [0, 0.1) is 17.8 Å². The molecule has 1 unspecified atom stereocenters. The molecule has 2 fully saturated rings. The highest BCUT2D eigenvalue weighted by Crippen LogP contribution is 2.62. The molecule has 2 aliphatic carbocycles. The van der Waals surface area contributed by atoms with Gasteiger partial charge in [0, 0.05) is 50.1 Å². The maximum atomic E-state index is 14.2. The van der Waals surface area contributed by atoms with E-state index in [2.05, 4.69) is 18.0 Å². The molecule has 7 atom stereocenters. The quantitative estimate of drug-likeness (QED) is 0.0445. The lowest BCUT2D eigenvalue weighted by atomic mass is 9.55. The number of anilines is 1. The number of ether oxygens (including phenoxy) is 7. The molecule has 63 heavy (non-hydrogen) atoms. The van der Waals surface area contributed by atoms with Crippen molar-refractivity contribution in [2.75, 3.05) is 65.0 Å². The number of unbranched alkanes of at least 4 members (excludes halogenated alkanes) is 2. The third-order valence-electron chi connectivity index (χ3n) is 12.3. The Kier molecular flexibility index (Phi) is 17.8. The second-order valence-corrected chi connectivity index (χ2v) is 16.6. The Labute approximate surface area is 375 Å². The minimum atomic E-state index is -1.48. The van der Waals surface area contributed by atoms with Gasteiger partial charge in [0.2, 0.25) is 12.1 Å². The average Bonchev–Trinajstić information content (AvgIpc) is 3.30. The topological polar surface area (TPSA) is 176 Å². The van der Waals surface area contributed by atoms with Crippen molar-refractivity contribution in [3.05, 3.63) is 66.3 Å². The molecule has 2 aromatic rings. The minimum Gasteiger partial charge on any atom is -0.497 e. The van der Waals surface area contributed by atoms with Gasteiger partial charge in [-0.3, -0.25) is 10.2 Å². The summed E-state index contributed by atoms with van der Waals surface area (Å²) in [4.78, 5) is 35.6. The van der Waals surface area contributed by atoms with Crippen LogP contribution in [-0.4, -0.2) is 111 Å². The highest BCUT2D eigenvalue weighted by Gasteiger charge is 2.65. The van der Waals surface area contributed by atoms with E-state index in [4.69, 9.17) is 54.8 Å². The summed E-state index contributed by atoms with van der Waals surface area (Å²) in [6.45, 7) is 7.11. The van der Waals surface area contributed by atoms with Gasteiger partial charge in [0.1, 0.15) is 35.6 Å². The smallest absolute Gasteiger partial charge is 0.417 e. The Bertz CT molecular complexity index is 1910. The van der Waals surface area contributed by atoms with Crippen LogP contribution in [0.5, 0.6) is 23.0 Å². The molecule has 0 aromatic heterocycles. The van der Waals surface area contributed by atoms with Crippen LogP contribution in [0.3, 0.4) is 0 Å². The molecule has 3 N–H and O–H groups in total. The molecule has 2 aromatic carbocycles. The molecule has 15 nitrogen and oxygen atoms in total. The molecule has 1 saturated heterocycles. The Morgan fingerprint density at radius 1 is 1.05 bits per heavy atom. The summed E-state index contributed by atoms with van der Waals surface area (Å²) >= 11 is 6.03. The van der Waals surface area contributed by atoms with E-state index in [0.717, 1.165) is 49.7 Å². The second kappa shape index (κ2) is 23.4. The summed E-state index contributed by atoms with van der Waals surface area (Å²) in [7, 11) is 3.05. The molecule has 0 bridgehead atoms. The number of carbonyl (C=O) groups excluding carboxylic acids is 2. The lowest BCUT2D eigenvalue weighted by molar-refractivity contribution is -0.255. The normalized spacial score (nSPS) is 25.4. The summed E-state index contributed by atoms with van der Waals surface area (Å²) in [5, 5.41) is 27.5. The molecule has 2 amide bonds. The largest absolute Gasteiger partial charge is 0.497 e. The fraction of sp³-hybridized carbons (Fsp3) is 0.596. The molecule has 6 rings (SSSR count). The average molecular weight is 898 g/mol. The predicted octanol–water partition coefficient (Wildman–Crippen LogP) is 8.56. The number of allylic oxidation sites excluding steroid dienone is 1. The van der Waals surface area contributed by atoms with Gasteiger partial charge in [0.05, 0.1) is 50.6 Å². The molecule has 1 saturated carbocycles.